The predicted octanol–water partition coefficient (Wildman–Crippen LogP) is 2.71. The van der Waals surface area contributed by atoms with Crippen molar-refractivity contribution in [2.75, 3.05) is 7.05 Å². The molecule has 2 amide bonds. The van der Waals surface area contributed by atoms with E-state index in [0.717, 1.165) is 43.4 Å². The molecule has 2 N–H and O–H groups in total. The molecule has 1 saturated carbocycles. The van der Waals surface area contributed by atoms with E-state index in [-0.39, 0.29) is 6.03 Å². The molecule has 1 aromatic heterocycles. The molecule has 0 spiro atoms. The third-order valence-electron chi connectivity index (χ3n) is 4.65. The fourth-order valence-electron chi connectivity index (χ4n) is 3.31. The monoisotopic (exact) mass is 348 g/mol. The summed E-state index contributed by atoms with van der Waals surface area (Å²) in [5.74, 6) is 0.649. The van der Waals surface area contributed by atoms with Crippen LogP contribution in [-0.4, -0.2) is 33.3 Å². The maximum absolute atomic E-state index is 12.0. The fraction of sp³-hybridized carbons (Fsp3) is 0.500. The number of aromatic nitrogens is 4. The van der Waals surface area contributed by atoms with Gasteiger partial charge in [0.1, 0.15) is 5.54 Å². The van der Waals surface area contributed by atoms with Gasteiger partial charge in [-0.05, 0) is 47.9 Å². The number of halogens is 1. The van der Waals surface area contributed by atoms with E-state index in [0.29, 0.717) is 10.8 Å². The standard InChI is InChI=1S/C16H21ClN6O/c1-11-12(17)7-6-8-13(11)23-14(20-21-22-23)16(19-15(24)18-2)9-4-3-5-10-16/h6-8H,3-5,9-10H2,1-2H3,(H2,18,19,24). The van der Waals surface area contributed by atoms with Crippen molar-refractivity contribution in [2.24, 2.45) is 0 Å². The molecular weight excluding hydrogens is 328 g/mol. The Bertz CT molecular complexity index is 738. The third kappa shape index (κ3) is 2.96. The van der Waals surface area contributed by atoms with Gasteiger partial charge in [-0.2, -0.15) is 4.68 Å². The molecule has 3 rings (SSSR count). The summed E-state index contributed by atoms with van der Waals surface area (Å²) in [4.78, 5) is 12.0. The Kier molecular flexibility index (Phi) is 4.71. The van der Waals surface area contributed by atoms with Gasteiger partial charge in [0.05, 0.1) is 5.69 Å². The minimum atomic E-state index is -0.573. The van der Waals surface area contributed by atoms with Gasteiger partial charge < -0.3 is 10.6 Å². The van der Waals surface area contributed by atoms with Crippen LogP contribution in [0.25, 0.3) is 5.69 Å². The van der Waals surface area contributed by atoms with E-state index in [1.54, 1.807) is 11.7 Å². The smallest absolute Gasteiger partial charge is 0.315 e. The quantitative estimate of drug-likeness (QED) is 0.893. The molecule has 0 atom stereocenters. The van der Waals surface area contributed by atoms with Crippen molar-refractivity contribution >= 4 is 17.6 Å². The van der Waals surface area contributed by atoms with Gasteiger partial charge in [0.2, 0.25) is 0 Å². The van der Waals surface area contributed by atoms with Crippen LogP contribution in [0, 0.1) is 6.92 Å². The van der Waals surface area contributed by atoms with Crippen LogP contribution in [-0.2, 0) is 5.54 Å². The second-order valence-electron chi connectivity index (χ2n) is 6.15. The zero-order valence-corrected chi connectivity index (χ0v) is 14.6. The zero-order chi connectivity index (χ0) is 17.2. The Morgan fingerprint density at radius 1 is 1.29 bits per heavy atom. The largest absolute Gasteiger partial charge is 0.341 e. The van der Waals surface area contributed by atoms with Crippen molar-refractivity contribution < 1.29 is 4.79 Å². The van der Waals surface area contributed by atoms with Crippen LogP contribution in [0.2, 0.25) is 5.02 Å². The molecule has 0 saturated heterocycles. The summed E-state index contributed by atoms with van der Waals surface area (Å²) in [5, 5.41) is 18.7. The fourth-order valence-corrected chi connectivity index (χ4v) is 3.48. The molecule has 0 aliphatic heterocycles. The number of nitrogens with zero attached hydrogens (tertiary/aromatic N) is 4. The van der Waals surface area contributed by atoms with Gasteiger partial charge in [0.25, 0.3) is 0 Å². The van der Waals surface area contributed by atoms with Gasteiger partial charge in [-0.1, -0.05) is 36.9 Å². The van der Waals surface area contributed by atoms with Crippen molar-refractivity contribution in [3.8, 4) is 5.69 Å². The van der Waals surface area contributed by atoms with E-state index in [9.17, 15) is 4.79 Å². The molecule has 1 aromatic carbocycles. The van der Waals surface area contributed by atoms with E-state index in [1.807, 2.05) is 25.1 Å². The van der Waals surface area contributed by atoms with Crippen molar-refractivity contribution in [3.05, 3.63) is 34.6 Å². The van der Waals surface area contributed by atoms with Crippen LogP contribution < -0.4 is 10.6 Å². The molecule has 1 aliphatic rings. The minimum absolute atomic E-state index is 0.228. The lowest BCUT2D eigenvalue weighted by Crippen LogP contribution is -2.51. The summed E-state index contributed by atoms with van der Waals surface area (Å²) in [6, 6.07) is 5.41. The Morgan fingerprint density at radius 2 is 2.04 bits per heavy atom. The van der Waals surface area contributed by atoms with E-state index in [4.69, 9.17) is 11.6 Å². The first-order chi connectivity index (χ1) is 11.6. The topological polar surface area (TPSA) is 84.7 Å². The van der Waals surface area contributed by atoms with E-state index >= 15 is 0 Å². The van der Waals surface area contributed by atoms with E-state index in [1.165, 1.54) is 0 Å². The number of amides is 2. The van der Waals surface area contributed by atoms with Crippen molar-refractivity contribution in [1.82, 2.24) is 30.8 Å². The minimum Gasteiger partial charge on any atom is -0.341 e. The number of rotatable bonds is 3. The molecule has 1 heterocycles. The first kappa shape index (κ1) is 16.7. The average molecular weight is 349 g/mol. The van der Waals surface area contributed by atoms with E-state index < -0.39 is 5.54 Å². The number of hydrogen-bond acceptors (Lipinski definition) is 4. The maximum atomic E-state index is 12.0. The van der Waals surface area contributed by atoms with Gasteiger partial charge in [0, 0.05) is 12.1 Å². The Hall–Kier alpha value is -2.15. The molecule has 1 aliphatic carbocycles. The highest BCUT2D eigenvalue weighted by Crippen LogP contribution is 2.37. The lowest BCUT2D eigenvalue weighted by Gasteiger charge is -2.36. The summed E-state index contributed by atoms with van der Waals surface area (Å²) < 4.78 is 1.70. The summed E-state index contributed by atoms with van der Waals surface area (Å²) in [5.41, 5.74) is 1.15. The normalized spacial score (nSPS) is 16.6. The van der Waals surface area contributed by atoms with Gasteiger partial charge >= 0.3 is 6.03 Å². The van der Waals surface area contributed by atoms with Crippen molar-refractivity contribution in [2.45, 2.75) is 44.6 Å². The number of benzene rings is 1. The Balaban J connectivity index is 2.09. The molecule has 1 fully saturated rings. The summed E-state index contributed by atoms with van der Waals surface area (Å²) in [6.45, 7) is 1.93. The Labute approximate surface area is 145 Å². The maximum Gasteiger partial charge on any atom is 0.315 e. The molecule has 2 aromatic rings. The highest BCUT2D eigenvalue weighted by molar-refractivity contribution is 6.31. The number of urea groups is 1. The highest BCUT2D eigenvalue weighted by Gasteiger charge is 2.40. The first-order valence-corrected chi connectivity index (χ1v) is 8.49. The SMILES string of the molecule is CNC(=O)NC1(c2nnnn2-c2cccc(Cl)c2C)CCCCC1. The molecule has 0 unspecified atom stereocenters. The van der Waals surface area contributed by atoms with Gasteiger partial charge in [-0.3, -0.25) is 0 Å². The second kappa shape index (κ2) is 6.76. The molecule has 0 radical (unpaired) electrons. The van der Waals surface area contributed by atoms with Gasteiger partial charge in [-0.25, -0.2) is 4.79 Å². The van der Waals surface area contributed by atoms with Crippen molar-refractivity contribution in [3.63, 3.8) is 0 Å². The van der Waals surface area contributed by atoms with Crippen LogP contribution >= 0.6 is 11.6 Å². The molecule has 7 nitrogen and oxygen atoms in total. The number of hydrogen-bond donors (Lipinski definition) is 2. The lowest BCUT2D eigenvalue weighted by molar-refractivity contribution is 0.196. The molecule has 8 heteroatoms. The van der Waals surface area contributed by atoms with Crippen LogP contribution in [0.15, 0.2) is 18.2 Å². The van der Waals surface area contributed by atoms with Gasteiger partial charge in [0.15, 0.2) is 5.82 Å². The molecular formula is C16H21ClN6O. The Morgan fingerprint density at radius 3 is 2.75 bits per heavy atom. The zero-order valence-electron chi connectivity index (χ0n) is 13.8. The van der Waals surface area contributed by atoms with Crippen LogP contribution in [0.4, 0.5) is 4.79 Å². The lowest BCUT2D eigenvalue weighted by atomic mass is 9.81. The van der Waals surface area contributed by atoms with Crippen molar-refractivity contribution in [1.29, 1.82) is 0 Å². The highest BCUT2D eigenvalue weighted by atomic mass is 35.5. The summed E-state index contributed by atoms with van der Waals surface area (Å²) in [7, 11) is 1.61. The number of carbonyl (C=O) groups is 1. The number of tetrazole rings is 1. The van der Waals surface area contributed by atoms with Crippen LogP contribution in [0.3, 0.4) is 0 Å². The third-order valence-corrected chi connectivity index (χ3v) is 5.06. The van der Waals surface area contributed by atoms with Crippen LogP contribution in [0.1, 0.15) is 43.5 Å². The van der Waals surface area contributed by atoms with E-state index in [2.05, 4.69) is 26.2 Å². The molecule has 24 heavy (non-hydrogen) atoms. The predicted molar refractivity (Wildman–Crippen MR) is 91.3 cm³/mol. The molecule has 128 valence electrons. The average Bonchev–Trinajstić information content (AvgIpc) is 3.08. The first-order valence-electron chi connectivity index (χ1n) is 8.12. The van der Waals surface area contributed by atoms with Crippen LogP contribution in [0.5, 0.6) is 0 Å². The number of nitrogens with one attached hydrogen (secondary N) is 2. The number of carbonyl (C=O) groups excluding carboxylic acids is 1. The molecule has 0 bridgehead atoms. The summed E-state index contributed by atoms with van der Waals surface area (Å²) >= 11 is 6.25. The second-order valence-corrected chi connectivity index (χ2v) is 6.55. The van der Waals surface area contributed by atoms with Gasteiger partial charge in [-0.15, -0.1) is 5.10 Å². The summed E-state index contributed by atoms with van der Waals surface area (Å²) in [6.07, 6.45) is 4.80.